The first-order chi connectivity index (χ1) is 22.1. The molecule has 5 aromatic rings. The Kier molecular flexibility index (Phi) is 11.2. The summed E-state index contributed by atoms with van der Waals surface area (Å²) in [5, 5.41) is 3.71. The van der Waals surface area contributed by atoms with Gasteiger partial charge in [-0.1, -0.05) is 56.3 Å². The minimum atomic E-state index is -0.582. The third-order valence-corrected chi connectivity index (χ3v) is 6.89. The fourth-order valence-electron chi connectivity index (χ4n) is 4.82. The minimum Gasteiger partial charge on any atom is -0.489 e. The summed E-state index contributed by atoms with van der Waals surface area (Å²) in [6.07, 6.45) is 1.21. The number of alkyl carbamates (subject to hydrolysis) is 1. The van der Waals surface area contributed by atoms with Crippen molar-refractivity contribution in [1.29, 1.82) is 0 Å². The van der Waals surface area contributed by atoms with E-state index in [1.165, 1.54) is 19.2 Å². The predicted molar refractivity (Wildman–Crippen MR) is 178 cm³/mol. The number of fused-ring (bicyclic) bond motifs is 1. The topological polar surface area (TPSA) is 87.0 Å². The number of ether oxygens (including phenoxy) is 3. The molecular formula is C38H40FNO6. The minimum absolute atomic E-state index is 0.0473. The van der Waals surface area contributed by atoms with Gasteiger partial charge in [0.25, 0.3) is 0 Å². The van der Waals surface area contributed by atoms with Crippen molar-refractivity contribution in [2.24, 2.45) is 0 Å². The molecule has 0 radical (unpaired) electrons. The van der Waals surface area contributed by atoms with Gasteiger partial charge in [-0.3, -0.25) is 4.79 Å². The molecule has 8 heteroatoms. The van der Waals surface area contributed by atoms with Crippen LogP contribution in [0.1, 0.15) is 51.3 Å². The van der Waals surface area contributed by atoms with Gasteiger partial charge in [-0.2, -0.15) is 0 Å². The largest absolute Gasteiger partial charge is 0.489 e. The smallest absolute Gasteiger partial charge is 0.407 e. The lowest BCUT2D eigenvalue weighted by molar-refractivity contribution is -0.139. The summed E-state index contributed by atoms with van der Waals surface area (Å²) in [7, 11) is 1.35. The van der Waals surface area contributed by atoms with Gasteiger partial charge < -0.3 is 23.9 Å². The Hall–Kier alpha value is -5.11. The van der Waals surface area contributed by atoms with E-state index in [0.29, 0.717) is 17.9 Å². The molecule has 7 nitrogen and oxygen atoms in total. The van der Waals surface area contributed by atoms with E-state index in [1.54, 1.807) is 18.4 Å². The lowest BCUT2D eigenvalue weighted by Crippen LogP contribution is -2.32. The van der Waals surface area contributed by atoms with Crippen LogP contribution in [0.3, 0.4) is 0 Å². The van der Waals surface area contributed by atoms with Crippen LogP contribution < -0.4 is 10.1 Å². The zero-order valence-electron chi connectivity index (χ0n) is 27.1. The molecule has 0 unspecified atom stereocenters. The summed E-state index contributed by atoms with van der Waals surface area (Å²) in [4.78, 5) is 24.3. The molecule has 0 saturated heterocycles. The maximum absolute atomic E-state index is 13.5. The third-order valence-electron chi connectivity index (χ3n) is 6.89. The Balaban J connectivity index is 0.00000235. The second-order valence-corrected chi connectivity index (χ2v) is 11.4. The van der Waals surface area contributed by atoms with Gasteiger partial charge in [0.2, 0.25) is 0 Å². The van der Waals surface area contributed by atoms with Gasteiger partial charge in [-0.05, 0) is 91.1 Å². The van der Waals surface area contributed by atoms with Crippen LogP contribution in [0.5, 0.6) is 5.75 Å². The van der Waals surface area contributed by atoms with Crippen molar-refractivity contribution < 1.29 is 32.6 Å². The van der Waals surface area contributed by atoms with Gasteiger partial charge in [-0.15, -0.1) is 0 Å². The number of nitrogens with one attached hydrogen (secondary N) is 1. The maximum Gasteiger partial charge on any atom is 0.407 e. The first-order valence-corrected chi connectivity index (χ1v) is 15.2. The number of halogens is 1. The van der Waals surface area contributed by atoms with Gasteiger partial charge in [0.1, 0.15) is 29.4 Å². The summed E-state index contributed by atoms with van der Waals surface area (Å²) < 4.78 is 35.9. The molecule has 1 N–H and O–H groups in total. The average molecular weight is 626 g/mol. The van der Waals surface area contributed by atoms with Crippen LogP contribution in [0.4, 0.5) is 9.18 Å². The van der Waals surface area contributed by atoms with E-state index in [0.717, 1.165) is 44.3 Å². The highest BCUT2D eigenvalue weighted by molar-refractivity contribution is 5.93. The number of carbonyl (C=O) groups is 2. The van der Waals surface area contributed by atoms with E-state index >= 15 is 0 Å². The summed E-state index contributed by atoms with van der Waals surface area (Å²) in [6.45, 7) is 9.98. The van der Waals surface area contributed by atoms with E-state index in [1.807, 2.05) is 95.3 Å². The summed E-state index contributed by atoms with van der Waals surface area (Å²) >= 11 is 0. The molecule has 1 aromatic heterocycles. The lowest BCUT2D eigenvalue weighted by atomic mass is 9.99. The van der Waals surface area contributed by atoms with Crippen molar-refractivity contribution in [3.63, 3.8) is 0 Å². The van der Waals surface area contributed by atoms with Gasteiger partial charge >= 0.3 is 12.1 Å². The second-order valence-electron chi connectivity index (χ2n) is 11.4. The van der Waals surface area contributed by atoms with Crippen molar-refractivity contribution in [3.8, 4) is 28.0 Å². The zero-order chi connectivity index (χ0) is 33.3. The molecule has 0 spiro atoms. The Labute approximate surface area is 269 Å². The number of hydrogen-bond donors (Lipinski definition) is 1. The average Bonchev–Trinajstić information content (AvgIpc) is 3.52. The van der Waals surface area contributed by atoms with Crippen LogP contribution in [0.2, 0.25) is 0 Å². The van der Waals surface area contributed by atoms with Crippen molar-refractivity contribution in [1.82, 2.24) is 5.32 Å². The highest BCUT2D eigenvalue weighted by atomic mass is 19.1. The SMILES string of the molecule is CC.COC(=O)Cc1ccc(-c2ccc(F)cc2)cc1OCc1cc(-c2cccc(CNC(=O)OC(C)(C)C)c2)c2occc2c1. The Bertz CT molecular complexity index is 1790. The first-order valence-electron chi connectivity index (χ1n) is 15.2. The normalized spacial score (nSPS) is 10.9. The van der Waals surface area contributed by atoms with Crippen molar-refractivity contribution in [2.45, 2.75) is 59.8 Å². The fourth-order valence-corrected chi connectivity index (χ4v) is 4.82. The van der Waals surface area contributed by atoms with Crippen molar-refractivity contribution in [3.05, 3.63) is 114 Å². The molecular weight excluding hydrogens is 585 g/mol. The van der Waals surface area contributed by atoms with Gasteiger partial charge in [-0.25, -0.2) is 9.18 Å². The summed E-state index contributed by atoms with van der Waals surface area (Å²) in [5.74, 6) is -0.170. The summed E-state index contributed by atoms with van der Waals surface area (Å²) in [6, 6.07) is 25.5. The monoisotopic (exact) mass is 625 g/mol. The molecule has 0 aliphatic heterocycles. The van der Waals surface area contributed by atoms with Crippen LogP contribution in [0.25, 0.3) is 33.2 Å². The number of methoxy groups -OCH3 is 1. The number of carbonyl (C=O) groups excluding carboxylic acids is 2. The highest BCUT2D eigenvalue weighted by Crippen LogP contribution is 2.33. The molecule has 0 fully saturated rings. The predicted octanol–water partition coefficient (Wildman–Crippen LogP) is 9.25. The third kappa shape index (κ3) is 8.97. The second kappa shape index (κ2) is 15.3. The van der Waals surface area contributed by atoms with Crippen molar-refractivity contribution in [2.75, 3.05) is 7.11 Å². The Morgan fingerprint density at radius 3 is 2.30 bits per heavy atom. The van der Waals surface area contributed by atoms with Crippen LogP contribution in [0, 0.1) is 5.82 Å². The highest BCUT2D eigenvalue weighted by Gasteiger charge is 2.17. The standard InChI is InChI=1S/C36H34FNO6.C2H6/c1-36(2,3)44-35(40)38-21-23-6-5-7-27(16-23)31-18-24(17-29-14-15-42-34(29)31)22-43-32-19-26(25-10-12-30(37)13-11-25)8-9-28(32)20-33(39)41-4;1-2/h5-19H,20-22H2,1-4H3,(H,38,40);1-2H3. The van der Waals surface area contributed by atoms with Crippen LogP contribution in [0.15, 0.2) is 95.6 Å². The molecule has 1 amide bonds. The van der Waals surface area contributed by atoms with Gasteiger partial charge in [0.15, 0.2) is 0 Å². The molecule has 5 rings (SSSR count). The first kappa shape index (κ1) is 33.8. The van der Waals surface area contributed by atoms with E-state index in [-0.39, 0.29) is 24.8 Å². The number of benzene rings is 4. The number of esters is 1. The van der Waals surface area contributed by atoms with Crippen LogP contribution >= 0.6 is 0 Å². The Morgan fingerprint density at radius 1 is 0.848 bits per heavy atom. The molecule has 0 atom stereocenters. The molecule has 240 valence electrons. The quantitative estimate of drug-likeness (QED) is 0.164. The molecule has 0 aliphatic rings. The van der Waals surface area contributed by atoms with E-state index in [9.17, 15) is 14.0 Å². The van der Waals surface area contributed by atoms with Crippen LogP contribution in [-0.2, 0) is 33.8 Å². The summed E-state index contributed by atoms with van der Waals surface area (Å²) in [5.41, 5.74) is 6.07. The molecule has 0 aliphatic carbocycles. The van der Waals surface area contributed by atoms with Crippen LogP contribution in [-0.4, -0.2) is 24.8 Å². The van der Waals surface area contributed by atoms with Gasteiger partial charge in [0.05, 0.1) is 19.8 Å². The van der Waals surface area contributed by atoms with E-state index < -0.39 is 11.7 Å². The van der Waals surface area contributed by atoms with Crippen molar-refractivity contribution >= 4 is 23.0 Å². The lowest BCUT2D eigenvalue weighted by Gasteiger charge is -2.19. The number of amides is 1. The maximum atomic E-state index is 13.5. The zero-order valence-corrected chi connectivity index (χ0v) is 27.1. The molecule has 4 aromatic carbocycles. The molecule has 46 heavy (non-hydrogen) atoms. The number of furan rings is 1. The van der Waals surface area contributed by atoms with Gasteiger partial charge in [0, 0.05) is 23.1 Å². The number of hydrogen-bond acceptors (Lipinski definition) is 6. The number of rotatable bonds is 9. The molecule has 1 heterocycles. The Morgan fingerprint density at radius 2 is 1.59 bits per heavy atom. The van der Waals surface area contributed by atoms with E-state index in [4.69, 9.17) is 18.6 Å². The fraction of sp³-hybridized carbons (Fsp3) is 0.263. The molecule has 0 bridgehead atoms. The van der Waals surface area contributed by atoms with E-state index in [2.05, 4.69) is 5.32 Å². The molecule has 0 saturated carbocycles.